The minimum atomic E-state index is -0.0864. The van der Waals surface area contributed by atoms with Crippen LogP contribution in [-0.2, 0) is 6.54 Å². The van der Waals surface area contributed by atoms with Gasteiger partial charge < -0.3 is 10.0 Å². The molecule has 1 aliphatic rings. The Morgan fingerprint density at radius 2 is 2.14 bits per heavy atom. The van der Waals surface area contributed by atoms with Crippen molar-refractivity contribution in [2.45, 2.75) is 26.3 Å². The molecule has 0 saturated carbocycles. The Balaban J connectivity index is 1.60. The Morgan fingerprint density at radius 3 is 2.77 bits per heavy atom. The van der Waals surface area contributed by atoms with Gasteiger partial charge in [0.25, 0.3) is 5.91 Å². The van der Waals surface area contributed by atoms with Crippen molar-refractivity contribution < 1.29 is 9.90 Å². The lowest BCUT2D eigenvalue weighted by Gasteiger charge is -2.32. The van der Waals surface area contributed by atoms with Crippen molar-refractivity contribution in [1.82, 2.24) is 19.9 Å². The van der Waals surface area contributed by atoms with Gasteiger partial charge in [-0.2, -0.15) is 0 Å². The predicted octanol–water partition coefficient (Wildman–Crippen LogP) is 1.84. The molecule has 0 radical (unpaired) electrons. The Hall–Kier alpha value is -2.37. The quantitative estimate of drug-likeness (QED) is 0.939. The monoisotopic (exact) mass is 300 g/mol. The van der Waals surface area contributed by atoms with Gasteiger partial charge in [-0.1, -0.05) is 11.3 Å². The van der Waals surface area contributed by atoms with Gasteiger partial charge in [0.2, 0.25) is 0 Å². The molecule has 0 unspecified atom stereocenters. The number of aryl methyl sites for hydroxylation is 1. The Morgan fingerprint density at radius 1 is 1.36 bits per heavy atom. The van der Waals surface area contributed by atoms with Crippen molar-refractivity contribution in [3.8, 4) is 5.75 Å². The van der Waals surface area contributed by atoms with Crippen LogP contribution in [0.15, 0.2) is 30.6 Å². The molecule has 3 rings (SSSR count). The molecule has 1 N–H and O–H groups in total. The molecule has 1 aromatic heterocycles. The van der Waals surface area contributed by atoms with Crippen LogP contribution < -0.4 is 0 Å². The van der Waals surface area contributed by atoms with E-state index in [0.29, 0.717) is 24.6 Å². The van der Waals surface area contributed by atoms with E-state index in [9.17, 15) is 9.90 Å². The first-order chi connectivity index (χ1) is 10.6. The van der Waals surface area contributed by atoms with E-state index in [2.05, 4.69) is 10.3 Å². The van der Waals surface area contributed by atoms with E-state index in [1.165, 1.54) is 0 Å². The molecule has 0 bridgehead atoms. The summed E-state index contributed by atoms with van der Waals surface area (Å²) in [6, 6.07) is 5.18. The second kappa shape index (κ2) is 6.17. The summed E-state index contributed by atoms with van der Waals surface area (Å²) in [6.07, 6.45) is 5.43. The van der Waals surface area contributed by atoms with Crippen molar-refractivity contribution in [2.75, 3.05) is 13.1 Å². The lowest BCUT2D eigenvalue weighted by Crippen LogP contribution is -2.39. The van der Waals surface area contributed by atoms with Gasteiger partial charge in [-0.05, 0) is 43.4 Å². The summed E-state index contributed by atoms with van der Waals surface area (Å²) < 4.78 is 1.84. The second-order valence-corrected chi connectivity index (χ2v) is 5.88. The predicted molar refractivity (Wildman–Crippen MR) is 81.5 cm³/mol. The highest BCUT2D eigenvalue weighted by Gasteiger charge is 2.25. The highest BCUT2D eigenvalue weighted by atomic mass is 16.3. The zero-order valence-electron chi connectivity index (χ0n) is 12.6. The minimum absolute atomic E-state index is 0.0646. The summed E-state index contributed by atoms with van der Waals surface area (Å²) >= 11 is 0. The van der Waals surface area contributed by atoms with Crippen molar-refractivity contribution in [3.63, 3.8) is 0 Å². The third-order valence-electron chi connectivity index (χ3n) is 4.20. The Kier molecular flexibility index (Phi) is 4.09. The summed E-state index contributed by atoms with van der Waals surface area (Å²) in [7, 11) is 0. The van der Waals surface area contributed by atoms with Gasteiger partial charge in [-0.25, -0.2) is 0 Å². The first-order valence-corrected chi connectivity index (χ1v) is 7.56. The summed E-state index contributed by atoms with van der Waals surface area (Å²) in [6.45, 7) is 4.17. The van der Waals surface area contributed by atoms with E-state index in [4.69, 9.17) is 0 Å². The average molecular weight is 300 g/mol. The number of phenolic OH excluding ortho intramolecular Hbond substituents is 1. The second-order valence-electron chi connectivity index (χ2n) is 5.88. The van der Waals surface area contributed by atoms with Crippen molar-refractivity contribution in [2.24, 2.45) is 5.92 Å². The van der Waals surface area contributed by atoms with Gasteiger partial charge in [-0.15, -0.1) is 5.10 Å². The molecule has 0 atom stereocenters. The lowest BCUT2D eigenvalue weighted by atomic mass is 9.96. The van der Waals surface area contributed by atoms with Crippen LogP contribution in [0.25, 0.3) is 0 Å². The summed E-state index contributed by atoms with van der Waals surface area (Å²) in [5.74, 6) is 0.490. The van der Waals surface area contributed by atoms with Crippen LogP contribution in [0.1, 0.15) is 28.8 Å². The zero-order valence-corrected chi connectivity index (χ0v) is 12.6. The highest BCUT2D eigenvalue weighted by molar-refractivity contribution is 5.96. The zero-order chi connectivity index (χ0) is 15.5. The van der Waals surface area contributed by atoms with Gasteiger partial charge in [0.05, 0.1) is 11.8 Å². The summed E-state index contributed by atoms with van der Waals surface area (Å²) in [4.78, 5) is 14.3. The lowest BCUT2D eigenvalue weighted by molar-refractivity contribution is 0.0678. The van der Waals surface area contributed by atoms with Gasteiger partial charge in [-0.3, -0.25) is 9.48 Å². The first-order valence-electron chi connectivity index (χ1n) is 7.56. The third-order valence-corrected chi connectivity index (χ3v) is 4.20. The van der Waals surface area contributed by atoms with Crippen LogP contribution >= 0.6 is 0 Å². The summed E-state index contributed by atoms with van der Waals surface area (Å²) in [5, 5.41) is 17.7. The summed E-state index contributed by atoms with van der Waals surface area (Å²) in [5.41, 5.74) is 1.33. The third kappa shape index (κ3) is 3.10. The Labute approximate surface area is 129 Å². The fourth-order valence-corrected chi connectivity index (χ4v) is 2.91. The minimum Gasteiger partial charge on any atom is -0.507 e. The van der Waals surface area contributed by atoms with E-state index in [1.54, 1.807) is 18.3 Å². The van der Waals surface area contributed by atoms with Gasteiger partial charge in [0.1, 0.15) is 5.75 Å². The van der Waals surface area contributed by atoms with Crippen LogP contribution in [0.4, 0.5) is 0 Å². The maximum Gasteiger partial charge on any atom is 0.257 e. The molecule has 1 aromatic carbocycles. The maximum absolute atomic E-state index is 12.5. The molecule has 6 heteroatoms. The van der Waals surface area contributed by atoms with E-state index in [-0.39, 0.29) is 11.7 Å². The molecular formula is C16H20N4O2. The topological polar surface area (TPSA) is 71.2 Å². The van der Waals surface area contributed by atoms with Crippen LogP contribution in [-0.4, -0.2) is 44.0 Å². The Bertz CT molecular complexity index is 646. The maximum atomic E-state index is 12.5. The highest BCUT2D eigenvalue weighted by Crippen LogP contribution is 2.24. The molecule has 0 aliphatic carbocycles. The number of hydrogen-bond donors (Lipinski definition) is 1. The molecule has 2 heterocycles. The molecule has 2 aromatic rings. The molecule has 22 heavy (non-hydrogen) atoms. The van der Waals surface area contributed by atoms with Crippen LogP contribution in [0, 0.1) is 12.8 Å². The van der Waals surface area contributed by atoms with Gasteiger partial charge in [0.15, 0.2) is 0 Å². The van der Waals surface area contributed by atoms with E-state index in [0.717, 1.165) is 24.9 Å². The SMILES string of the molecule is Cc1ccc(C(=O)N2CCC(Cn3ccnn3)CC2)c(O)c1. The van der Waals surface area contributed by atoms with Gasteiger partial charge in [0, 0.05) is 25.8 Å². The first kappa shape index (κ1) is 14.6. The number of likely N-dealkylation sites (tertiary alicyclic amines) is 1. The number of rotatable bonds is 3. The fraction of sp³-hybridized carbons (Fsp3) is 0.438. The van der Waals surface area contributed by atoms with Gasteiger partial charge >= 0.3 is 0 Å². The van der Waals surface area contributed by atoms with Crippen molar-refractivity contribution in [3.05, 3.63) is 41.7 Å². The number of benzene rings is 1. The molecule has 6 nitrogen and oxygen atoms in total. The average Bonchev–Trinajstić information content (AvgIpc) is 3.00. The van der Waals surface area contributed by atoms with E-state index in [1.807, 2.05) is 28.8 Å². The molecule has 1 aliphatic heterocycles. The number of hydrogen-bond acceptors (Lipinski definition) is 4. The number of carbonyl (C=O) groups excluding carboxylic acids is 1. The standard InChI is InChI=1S/C16H20N4O2/c1-12-2-3-14(15(21)10-12)16(22)19-7-4-13(5-8-19)11-20-9-6-17-18-20/h2-3,6,9-10,13,21H,4-5,7-8,11H2,1H3. The normalized spacial score (nSPS) is 16.0. The van der Waals surface area contributed by atoms with E-state index < -0.39 is 0 Å². The number of aromatic hydroxyl groups is 1. The molecule has 1 fully saturated rings. The van der Waals surface area contributed by atoms with Crippen LogP contribution in [0.3, 0.4) is 0 Å². The number of aromatic nitrogens is 3. The van der Waals surface area contributed by atoms with Crippen molar-refractivity contribution >= 4 is 5.91 Å². The molecule has 0 spiro atoms. The molecule has 1 saturated heterocycles. The number of piperidine rings is 1. The molecular weight excluding hydrogens is 280 g/mol. The van der Waals surface area contributed by atoms with Crippen LogP contribution in [0.2, 0.25) is 0 Å². The number of nitrogens with zero attached hydrogens (tertiary/aromatic N) is 4. The van der Waals surface area contributed by atoms with Crippen LogP contribution in [0.5, 0.6) is 5.75 Å². The smallest absolute Gasteiger partial charge is 0.257 e. The van der Waals surface area contributed by atoms with E-state index >= 15 is 0 Å². The number of phenols is 1. The number of amides is 1. The number of carbonyl (C=O) groups is 1. The van der Waals surface area contributed by atoms with Crippen molar-refractivity contribution in [1.29, 1.82) is 0 Å². The molecule has 1 amide bonds. The largest absolute Gasteiger partial charge is 0.507 e. The molecule has 116 valence electrons. The fourth-order valence-electron chi connectivity index (χ4n) is 2.91.